The second-order valence-corrected chi connectivity index (χ2v) is 4.96. The summed E-state index contributed by atoms with van der Waals surface area (Å²) in [5.41, 5.74) is 5.68. The summed E-state index contributed by atoms with van der Waals surface area (Å²) >= 11 is 0. The zero-order valence-electron chi connectivity index (χ0n) is 11.5. The summed E-state index contributed by atoms with van der Waals surface area (Å²) < 4.78 is 7.39. The maximum absolute atomic E-state index is 5.62. The predicted molar refractivity (Wildman–Crippen MR) is 81.6 cm³/mol. The van der Waals surface area contributed by atoms with Gasteiger partial charge in [-0.25, -0.2) is 4.98 Å². The van der Waals surface area contributed by atoms with Crippen LogP contribution in [0.4, 0.5) is 0 Å². The number of aryl methyl sites for hydroxylation is 1. The number of furan rings is 1. The minimum Gasteiger partial charge on any atom is -0.462 e. The third kappa shape index (κ3) is 2.01. The SMILES string of the molecule is Cn1cc(-c2ccc3occ(-c4ccccc4)c3n2)cn1. The first-order chi connectivity index (χ1) is 10.3. The summed E-state index contributed by atoms with van der Waals surface area (Å²) in [6.45, 7) is 0. The Morgan fingerprint density at radius 3 is 2.62 bits per heavy atom. The van der Waals surface area contributed by atoms with Gasteiger partial charge in [0.1, 0.15) is 11.8 Å². The summed E-state index contributed by atoms with van der Waals surface area (Å²) in [5.74, 6) is 0. The minimum atomic E-state index is 0.793. The lowest BCUT2D eigenvalue weighted by atomic mass is 10.1. The molecule has 0 saturated carbocycles. The number of rotatable bonds is 2. The molecule has 4 rings (SSSR count). The van der Waals surface area contributed by atoms with E-state index in [0.717, 1.165) is 33.5 Å². The standard InChI is InChI=1S/C17H13N3O/c1-20-10-13(9-18-20)15-7-8-16-17(19-15)14(11-21-16)12-5-3-2-4-6-12/h2-11H,1H3. The zero-order valence-corrected chi connectivity index (χ0v) is 11.5. The lowest BCUT2D eigenvalue weighted by Crippen LogP contribution is -1.85. The second kappa shape index (κ2) is 4.59. The molecule has 0 spiro atoms. The van der Waals surface area contributed by atoms with E-state index in [2.05, 4.69) is 17.2 Å². The van der Waals surface area contributed by atoms with Crippen molar-refractivity contribution in [3.8, 4) is 22.4 Å². The molecule has 3 heterocycles. The number of benzene rings is 1. The van der Waals surface area contributed by atoms with E-state index in [1.54, 1.807) is 10.9 Å². The van der Waals surface area contributed by atoms with Crippen molar-refractivity contribution in [3.63, 3.8) is 0 Å². The van der Waals surface area contributed by atoms with Crippen molar-refractivity contribution < 1.29 is 4.42 Å². The van der Waals surface area contributed by atoms with Crippen LogP contribution in [0.1, 0.15) is 0 Å². The molecular formula is C17H13N3O. The van der Waals surface area contributed by atoms with E-state index in [0.29, 0.717) is 0 Å². The molecular weight excluding hydrogens is 262 g/mol. The molecule has 0 bridgehead atoms. The monoisotopic (exact) mass is 275 g/mol. The molecule has 4 aromatic rings. The fourth-order valence-electron chi connectivity index (χ4n) is 2.45. The van der Waals surface area contributed by atoms with Crippen LogP contribution in [-0.2, 0) is 7.05 Å². The molecule has 0 aliphatic rings. The molecule has 0 amide bonds. The molecule has 0 aliphatic carbocycles. The molecule has 0 fully saturated rings. The molecule has 0 aliphatic heterocycles. The molecule has 0 atom stereocenters. The Balaban J connectivity index is 1.90. The third-order valence-corrected chi connectivity index (χ3v) is 3.50. The highest BCUT2D eigenvalue weighted by molar-refractivity contribution is 5.91. The quantitative estimate of drug-likeness (QED) is 0.557. The molecule has 4 nitrogen and oxygen atoms in total. The average Bonchev–Trinajstić information content (AvgIpc) is 3.13. The molecule has 102 valence electrons. The Morgan fingerprint density at radius 2 is 1.86 bits per heavy atom. The summed E-state index contributed by atoms with van der Waals surface area (Å²) in [4.78, 5) is 4.75. The maximum atomic E-state index is 5.62. The van der Waals surface area contributed by atoms with Gasteiger partial charge in [-0.3, -0.25) is 4.68 Å². The van der Waals surface area contributed by atoms with E-state index in [9.17, 15) is 0 Å². The Labute approximate surface area is 121 Å². The number of hydrogen-bond acceptors (Lipinski definition) is 3. The lowest BCUT2D eigenvalue weighted by Gasteiger charge is -1.99. The fourth-order valence-corrected chi connectivity index (χ4v) is 2.45. The molecule has 1 aromatic carbocycles. The van der Waals surface area contributed by atoms with Crippen molar-refractivity contribution in [2.75, 3.05) is 0 Å². The van der Waals surface area contributed by atoms with Crippen LogP contribution in [0.2, 0.25) is 0 Å². The summed E-state index contributed by atoms with van der Waals surface area (Å²) in [5, 5.41) is 4.19. The lowest BCUT2D eigenvalue weighted by molar-refractivity contribution is 0.616. The van der Waals surface area contributed by atoms with E-state index in [1.807, 2.05) is 49.8 Å². The molecule has 0 radical (unpaired) electrons. The van der Waals surface area contributed by atoms with Gasteiger partial charge in [0.05, 0.1) is 11.9 Å². The van der Waals surface area contributed by atoms with Crippen LogP contribution < -0.4 is 0 Å². The maximum Gasteiger partial charge on any atom is 0.153 e. The Morgan fingerprint density at radius 1 is 1.00 bits per heavy atom. The number of hydrogen-bond donors (Lipinski definition) is 0. The summed E-state index contributed by atoms with van der Waals surface area (Å²) in [6, 6.07) is 14.1. The van der Waals surface area contributed by atoms with E-state index in [1.165, 1.54) is 0 Å². The van der Waals surface area contributed by atoms with E-state index >= 15 is 0 Å². The van der Waals surface area contributed by atoms with Crippen molar-refractivity contribution in [2.24, 2.45) is 7.05 Å². The normalized spacial score (nSPS) is 11.1. The van der Waals surface area contributed by atoms with E-state index in [-0.39, 0.29) is 0 Å². The minimum absolute atomic E-state index is 0.793. The van der Waals surface area contributed by atoms with Crippen LogP contribution in [0.15, 0.2) is 65.5 Å². The van der Waals surface area contributed by atoms with Gasteiger partial charge in [-0.05, 0) is 17.7 Å². The predicted octanol–water partition coefficient (Wildman–Crippen LogP) is 3.90. The van der Waals surface area contributed by atoms with Crippen molar-refractivity contribution in [1.82, 2.24) is 14.8 Å². The molecule has 4 heteroatoms. The van der Waals surface area contributed by atoms with Gasteiger partial charge in [0.25, 0.3) is 0 Å². The number of pyridine rings is 1. The molecule has 0 unspecified atom stereocenters. The van der Waals surface area contributed by atoms with Gasteiger partial charge in [0.2, 0.25) is 0 Å². The first kappa shape index (κ1) is 11.9. The number of nitrogens with zero attached hydrogens (tertiary/aromatic N) is 3. The van der Waals surface area contributed by atoms with Crippen LogP contribution in [0, 0.1) is 0 Å². The van der Waals surface area contributed by atoms with Gasteiger partial charge in [-0.15, -0.1) is 0 Å². The van der Waals surface area contributed by atoms with Crippen molar-refractivity contribution >= 4 is 11.1 Å². The molecule has 0 N–H and O–H groups in total. The van der Waals surface area contributed by atoms with Crippen LogP contribution in [-0.4, -0.2) is 14.8 Å². The van der Waals surface area contributed by atoms with Crippen LogP contribution in [0.25, 0.3) is 33.5 Å². The van der Waals surface area contributed by atoms with Crippen LogP contribution in [0.5, 0.6) is 0 Å². The Kier molecular flexibility index (Phi) is 2.60. The highest BCUT2D eigenvalue weighted by Crippen LogP contribution is 2.30. The highest BCUT2D eigenvalue weighted by Gasteiger charge is 2.11. The van der Waals surface area contributed by atoms with Crippen molar-refractivity contribution in [2.45, 2.75) is 0 Å². The van der Waals surface area contributed by atoms with Gasteiger partial charge >= 0.3 is 0 Å². The number of aromatic nitrogens is 3. The van der Waals surface area contributed by atoms with Gasteiger partial charge in [0.15, 0.2) is 5.58 Å². The first-order valence-corrected chi connectivity index (χ1v) is 6.74. The molecule has 3 aromatic heterocycles. The Bertz CT molecular complexity index is 906. The van der Waals surface area contributed by atoms with Gasteiger partial charge in [-0.1, -0.05) is 30.3 Å². The smallest absolute Gasteiger partial charge is 0.153 e. The van der Waals surface area contributed by atoms with E-state index < -0.39 is 0 Å². The Hall–Kier alpha value is -2.88. The van der Waals surface area contributed by atoms with Crippen LogP contribution in [0.3, 0.4) is 0 Å². The third-order valence-electron chi connectivity index (χ3n) is 3.50. The molecule has 0 saturated heterocycles. The van der Waals surface area contributed by atoms with Gasteiger partial charge in [-0.2, -0.15) is 5.10 Å². The fraction of sp³-hybridized carbons (Fsp3) is 0.0588. The topological polar surface area (TPSA) is 43.9 Å². The largest absolute Gasteiger partial charge is 0.462 e. The van der Waals surface area contributed by atoms with Crippen LogP contribution >= 0.6 is 0 Å². The molecule has 21 heavy (non-hydrogen) atoms. The summed E-state index contributed by atoms with van der Waals surface area (Å²) in [6.07, 6.45) is 5.53. The summed E-state index contributed by atoms with van der Waals surface area (Å²) in [7, 11) is 1.90. The van der Waals surface area contributed by atoms with E-state index in [4.69, 9.17) is 9.40 Å². The van der Waals surface area contributed by atoms with Crippen molar-refractivity contribution in [3.05, 3.63) is 61.1 Å². The number of fused-ring (bicyclic) bond motifs is 1. The second-order valence-electron chi connectivity index (χ2n) is 4.96. The zero-order chi connectivity index (χ0) is 14.2. The highest BCUT2D eigenvalue weighted by atomic mass is 16.3. The van der Waals surface area contributed by atoms with Gasteiger partial charge in [0, 0.05) is 24.4 Å². The van der Waals surface area contributed by atoms with Crippen molar-refractivity contribution in [1.29, 1.82) is 0 Å². The first-order valence-electron chi connectivity index (χ1n) is 6.74. The van der Waals surface area contributed by atoms with Gasteiger partial charge < -0.3 is 4.42 Å². The average molecular weight is 275 g/mol.